The number of carbonyl (C=O) groups excluding carboxylic acids is 2. The summed E-state index contributed by atoms with van der Waals surface area (Å²) in [6, 6.07) is -0.711. The normalized spacial score (nSPS) is 25.7. The van der Waals surface area contributed by atoms with E-state index < -0.39 is 0 Å². The van der Waals surface area contributed by atoms with Gasteiger partial charge in [0.15, 0.2) is 0 Å². The van der Waals surface area contributed by atoms with E-state index in [4.69, 9.17) is 4.74 Å². The Balaban J connectivity index is 2.99. The van der Waals surface area contributed by atoms with Crippen LogP contribution >= 0.6 is 0 Å². The summed E-state index contributed by atoms with van der Waals surface area (Å²) in [7, 11) is 1.66. The fourth-order valence-corrected chi connectivity index (χ4v) is 2.92. The molecule has 5 nitrogen and oxygen atoms in total. The molecule has 1 aliphatic heterocycles. The number of rotatable bonds is 8. The van der Waals surface area contributed by atoms with Crippen LogP contribution in [0.1, 0.15) is 53.4 Å². The number of nitrogens with zero attached hydrogens (tertiary/aromatic N) is 1. The molecular formula is C16H30N2O3. The van der Waals surface area contributed by atoms with Crippen molar-refractivity contribution < 1.29 is 14.3 Å². The average Bonchev–Trinajstić information content (AvgIpc) is 2.47. The lowest BCUT2D eigenvalue weighted by molar-refractivity contribution is -0.154. The molecule has 0 radical (unpaired) electrons. The number of amides is 2. The zero-order valence-corrected chi connectivity index (χ0v) is 14.0. The molecule has 1 N–H and O–H groups in total. The first-order valence-corrected chi connectivity index (χ1v) is 8.09. The maximum Gasteiger partial charge on any atom is 0.246 e. The van der Waals surface area contributed by atoms with Gasteiger partial charge in [-0.25, -0.2) is 0 Å². The second-order valence-corrected chi connectivity index (χ2v) is 6.06. The third-order valence-corrected chi connectivity index (χ3v) is 4.41. The first-order valence-electron chi connectivity index (χ1n) is 8.09. The molecule has 1 heterocycles. The minimum absolute atomic E-state index is 0.00772. The predicted molar refractivity (Wildman–Crippen MR) is 82.9 cm³/mol. The van der Waals surface area contributed by atoms with Crippen LogP contribution in [-0.2, 0) is 14.3 Å². The Labute approximate surface area is 128 Å². The Morgan fingerprint density at radius 2 is 1.95 bits per heavy atom. The molecule has 5 heteroatoms. The van der Waals surface area contributed by atoms with E-state index in [1.54, 1.807) is 7.11 Å². The summed E-state index contributed by atoms with van der Waals surface area (Å²) < 4.78 is 5.12. The summed E-state index contributed by atoms with van der Waals surface area (Å²) in [5.41, 5.74) is 0. The minimum Gasteiger partial charge on any atom is -0.385 e. The lowest BCUT2D eigenvalue weighted by atomic mass is 9.90. The van der Waals surface area contributed by atoms with Crippen LogP contribution in [0, 0.1) is 5.92 Å². The number of ether oxygens (including phenoxy) is 1. The zero-order chi connectivity index (χ0) is 16.0. The SMILES string of the molecule is CCCC1NC(=O)C(C(C)CC)N(C(C)CCOC)C1=O. The van der Waals surface area contributed by atoms with E-state index >= 15 is 0 Å². The van der Waals surface area contributed by atoms with E-state index in [-0.39, 0.29) is 35.9 Å². The lowest BCUT2D eigenvalue weighted by Crippen LogP contribution is -2.67. The van der Waals surface area contributed by atoms with Gasteiger partial charge in [-0.15, -0.1) is 0 Å². The number of hydrogen-bond donors (Lipinski definition) is 1. The van der Waals surface area contributed by atoms with Crippen LogP contribution in [0.2, 0.25) is 0 Å². The third-order valence-electron chi connectivity index (χ3n) is 4.41. The summed E-state index contributed by atoms with van der Waals surface area (Å²) >= 11 is 0. The van der Waals surface area contributed by atoms with Gasteiger partial charge in [0.2, 0.25) is 11.8 Å². The zero-order valence-electron chi connectivity index (χ0n) is 14.0. The van der Waals surface area contributed by atoms with Crippen molar-refractivity contribution in [2.24, 2.45) is 5.92 Å². The molecule has 21 heavy (non-hydrogen) atoms. The lowest BCUT2D eigenvalue weighted by Gasteiger charge is -2.44. The molecule has 2 amide bonds. The Bertz CT molecular complexity index is 359. The maximum absolute atomic E-state index is 12.8. The van der Waals surface area contributed by atoms with Gasteiger partial charge in [0.25, 0.3) is 0 Å². The van der Waals surface area contributed by atoms with Gasteiger partial charge in [-0.05, 0) is 25.7 Å². The molecule has 1 rings (SSSR count). The number of piperazine rings is 1. The van der Waals surface area contributed by atoms with Crippen molar-refractivity contribution in [1.29, 1.82) is 0 Å². The van der Waals surface area contributed by atoms with Crippen molar-refractivity contribution in [1.82, 2.24) is 10.2 Å². The van der Waals surface area contributed by atoms with E-state index in [0.29, 0.717) is 13.0 Å². The Morgan fingerprint density at radius 3 is 2.48 bits per heavy atom. The van der Waals surface area contributed by atoms with Gasteiger partial charge in [-0.3, -0.25) is 9.59 Å². The molecule has 0 aromatic rings. The quantitative estimate of drug-likeness (QED) is 0.745. The van der Waals surface area contributed by atoms with Gasteiger partial charge in [0, 0.05) is 19.8 Å². The third kappa shape index (κ3) is 4.19. The van der Waals surface area contributed by atoms with Gasteiger partial charge in [-0.2, -0.15) is 0 Å². The highest BCUT2D eigenvalue weighted by molar-refractivity contribution is 5.97. The summed E-state index contributed by atoms with van der Waals surface area (Å²) in [6.45, 7) is 8.72. The molecule has 4 atom stereocenters. The van der Waals surface area contributed by atoms with Crippen LogP contribution in [0.25, 0.3) is 0 Å². The van der Waals surface area contributed by atoms with Gasteiger partial charge < -0.3 is 15.0 Å². The molecule has 0 aromatic carbocycles. The van der Waals surface area contributed by atoms with E-state index in [0.717, 1.165) is 19.3 Å². The highest BCUT2D eigenvalue weighted by Crippen LogP contribution is 2.24. The van der Waals surface area contributed by atoms with Gasteiger partial charge in [-0.1, -0.05) is 33.6 Å². The van der Waals surface area contributed by atoms with Gasteiger partial charge in [0.1, 0.15) is 12.1 Å². The summed E-state index contributed by atoms with van der Waals surface area (Å²) in [5.74, 6) is 0.207. The van der Waals surface area contributed by atoms with Crippen LogP contribution in [-0.4, -0.2) is 48.6 Å². The van der Waals surface area contributed by atoms with Crippen LogP contribution in [0.3, 0.4) is 0 Å². The van der Waals surface area contributed by atoms with Crippen LogP contribution in [0.5, 0.6) is 0 Å². The largest absolute Gasteiger partial charge is 0.385 e. The second-order valence-electron chi connectivity index (χ2n) is 6.06. The topological polar surface area (TPSA) is 58.6 Å². The van der Waals surface area contributed by atoms with E-state index in [2.05, 4.69) is 12.2 Å². The number of nitrogens with one attached hydrogen (secondary N) is 1. The molecule has 122 valence electrons. The average molecular weight is 298 g/mol. The maximum atomic E-state index is 12.8. The smallest absolute Gasteiger partial charge is 0.246 e. The molecule has 0 spiro atoms. The van der Waals surface area contributed by atoms with Crippen LogP contribution < -0.4 is 5.32 Å². The summed E-state index contributed by atoms with van der Waals surface area (Å²) in [6.07, 6.45) is 3.20. The first-order chi connectivity index (χ1) is 9.97. The van der Waals surface area contributed by atoms with E-state index in [9.17, 15) is 9.59 Å². The van der Waals surface area contributed by atoms with Crippen molar-refractivity contribution in [2.75, 3.05) is 13.7 Å². The van der Waals surface area contributed by atoms with E-state index in [1.165, 1.54) is 0 Å². The molecule has 0 aliphatic carbocycles. The Morgan fingerprint density at radius 1 is 1.29 bits per heavy atom. The molecule has 0 saturated carbocycles. The molecule has 4 unspecified atom stereocenters. The van der Waals surface area contributed by atoms with Gasteiger partial charge >= 0.3 is 0 Å². The van der Waals surface area contributed by atoms with Crippen LogP contribution in [0.15, 0.2) is 0 Å². The van der Waals surface area contributed by atoms with Crippen molar-refractivity contribution in [3.05, 3.63) is 0 Å². The second kappa shape index (κ2) is 8.37. The van der Waals surface area contributed by atoms with Crippen molar-refractivity contribution >= 4 is 11.8 Å². The molecule has 0 bridgehead atoms. The van der Waals surface area contributed by atoms with Crippen molar-refractivity contribution in [3.8, 4) is 0 Å². The number of carbonyl (C=O) groups is 2. The molecule has 1 saturated heterocycles. The molecule has 1 fully saturated rings. The highest BCUT2D eigenvalue weighted by atomic mass is 16.5. The molecule has 0 aromatic heterocycles. The van der Waals surface area contributed by atoms with Gasteiger partial charge in [0.05, 0.1) is 0 Å². The highest BCUT2D eigenvalue weighted by Gasteiger charge is 2.43. The molecule has 1 aliphatic rings. The monoisotopic (exact) mass is 298 g/mol. The fraction of sp³-hybridized carbons (Fsp3) is 0.875. The fourth-order valence-electron chi connectivity index (χ4n) is 2.92. The summed E-state index contributed by atoms with van der Waals surface area (Å²) in [4.78, 5) is 27.1. The van der Waals surface area contributed by atoms with Crippen LogP contribution in [0.4, 0.5) is 0 Å². The Hall–Kier alpha value is -1.10. The van der Waals surface area contributed by atoms with Crippen molar-refractivity contribution in [3.63, 3.8) is 0 Å². The van der Waals surface area contributed by atoms with Crippen molar-refractivity contribution in [2.45, 2.75) is 71.5 Å². The predicted octanol–water partition coefficient (Wildman–Crippen LogP) is 1.95. The number of methoxy groups -OCH3 is 1. The number of hydrogen-bond acceptors (Lipinski definition) is 3. The summed E-state index contributed by atoms with van der Waals surface area (Å²) in [5, 5.41) is 2.91. The minimum atomic E-state index is -0.368. The standard InChI is InChI=1S/C16H30N2O3/c1-6-8-13-16(20)18(12(4)9-10-21-5)14(11(3)7-2)15(19)17-13/h11-14H,6-10H2,1-5H3,(H,17,19). The first kappa shape index (κ1) is 18.0. The molecular weight excluding hydrogens is 268 g/mol. The van der Waals surface area contributed by atoms with E-state index in [1.807, 2.05) is 25.7 Å². The Kier molecular flexibility index (Phi) is 7.15.